The van der Waals surface area contributed by atoms with Gasteiger partial charge in [0.15, 0.2) is 0 Å². The highest BCUT2D eigenvalue weighted by Crippen LogP contribution is 2.12. The van der Waals surface area contributed by atoms with Gasteiger partial charge in [0.1, 0.15) is 5.75 Å². The Balaban J connectivity index is 2.75. The van der Waals surface area contributed by atoms with Crippen molar-refractivity contribution in [3.05, 3.63) is 22.4 Å². The highest BCUT2D eigenvalue weighted by atomic mass is 32.3. The Morgan fingerprint density at radius 3 is 2.70 bits per heavy atom. The van der Waals surface area contributed by atoms with Crippen LogP contribution in [-0.4, -0.2) is 8.42 Å². The molecule has 0 fully saturated rings. The average molecular weight is 180 g/mol. The Morgan fingerprint density at radius 2 is 2.30 bits per heavy atom. The summed E-state index contributed by atoms with van der Waals surface area (Å²) >= 11 is 1.23. The van der Waals surface area contributed by atoms with E-state index in [4.69, 9.17) is 0 Å². The van der Waals surface area contributed by atoms with E-state index in [0.29, 0.717) is 4.88 Å². The van der Waals surface area contributed by atoms with E-state index in [1.54, 1.807) is 17.5 Å². The van der Waals surface area contributed by atoms with Crippen LogP contribution < -0.4 is 0 Å². The first-order valence-electron chi connectivity index (χ1n) is 2.53. The van der Waals surface area contributed by atoms with E-state index in [9.17, 15) is 12.3 Å². The second-order valence-corrected chi connectivity index (χ2v) is 4.16. The van der Waals surface area contributed by atoms with Crippen molar-refractivity contribution in [3.63, 3.8) is 0 Å². The Kier molecular flexibility index (Phi) is 2.05. The van der Waals surface area contributed by atoms with Crippen molar-refractivity contribution in [1.29, 1.82) is 0 Å². The summed E-state index contributed by atoms with van der Waals surface area (Å²) in [5.74, 6) is -0.495. The Morgan fingerprint density at radius 1 is 1.60 bits per heavy atom. The quantitative estimate of drug-likeness (QED) is 0.647. The molecule has 0 aromatic carbocycles. The van der Waals surface area contributed by atoms with E-state index < -0.39 is 16.0 Å². The molecule has 1 aromatic heterocycles. The van der Waals surface area contributed by atoms with Gasteiger partial charge < -0.3 is 0 Å². The zero-order valence-corrected chi connectivity index (χ0v) is 6.58. The summed E-state index contributed by atoms with van der Waals surface area (Å²) in [4.78, 5) is 0.530. The van der Waals surface area contributed by atoms with E-state index >= 15 is 0 Å². The molecule has 0 atom stereocenters. The van der Waals surface area contributed by atoms with Crippen molar-refractivity contribution >= 4 is 21.6 Å². The molecule has 0 aliphatic carbocycles. The van der Waals surface area contributed by atoms with Crippen molar-refractivity contribution < 1.29 is 12.3 Å². The van der Waals surface area contributed by atoms with Crippen LogP contribution in [-0.2, 0) is 16.0 Å². The van der Waals surface area contributed by atoms with Gasteiger partial charge in [0, 0.05) is 4.88 Å². The summed E-state index contributed by atoms with van der Waals surface area (Å²) in [5, 5.41) is 1.71. The molecule has 5 heteroatoms. The number of rotatable bonds is 2. The molecule has 0 unspecified atom stereocenters. The maximum atomic E-state index is 11.9. The van der Waals surface area contributed by atoms with Gasteiger partial charge in [0.2, 0.25) is 0 Å². The Bertz CT molecular complexity index is 287. The number of halogens is 1. The predicted octanol–water partition coefficient (Wildman–Crippen LogP) is 1.55. The monoisotopic (exact) mass is 180 g/mol. The summed E-state index contributed by atoms with van der Waals surface area (Å²) in [6, 6.07) is 3.27. The van der Waals surface area contributed by atoms with Gasteiger partial charge in [-0.1, -0.05) is 6.07 Å². The minimum atomic E-state index is -4.34. The first kappa shape index (κ1) is 7.68. The van der Waals surface area contributed by atoms with Crippen LogP contribution in [0, 0.1) is 0 Å². The average Bonchev–Trinajstić information content (AvgIpc) is 2.12. The fourth-order valence-electron chi connectivity index (χ4n) is 0.565. The summed E-state index contributed by atoms with van der Waals surface area (Å²) in [7, 11) is -4.34. The maximum Gasteiger partial charge on any atom is 0.307 e. The van der Waals surface area contributed by atoms with Crippen molar-refractivity contribution in [1.82, 2.24) is 0 Å². The van der Waals surface area contributed by atoms with Crippen LogP contribution in [0.15, 0.2) is 17.5 Å². The third-order valence-corrected chi connectivity index (χ3v) is 2.61. The molecular weight excluding hydrogens is 175 g/mol. The molecule has 0 N–H and O–H groups in total. The van der Waals surface area contributed by atoms with Crippen LogP contribution >= 0.6 is 11.3 Å². The normalized spacial score (nSPS) is 11.7. The zero-order valence-electron chi connectivity index (χ0n) is 4.95. The fraction of sp³-hybridized carbons (Fsp3) is 0.200. The number of thiophene rings is 1. The van der Waals surface area contributed by atoms with Crippen molar-refractivity contribution in [2.45, 2.75) is 5.75 Å². The topological polar surface area (TPSA) is 34.1 Å². The van der Waals surface area contributed by atoms with Gasteiger partial charge >= 0.3 is 10.2 Å². The molecule has 10 heavy (non-hydrogen) atoms. The number of hydrogen-bond donors (Lipinski definition) is 0. The van der Waals surface area contributed by atoms with Crippen molar-refractivity contribution in [2.24, 2.45) is 0 Å². The first-order chi connectivity index (χ1) is 4.58. The molecule has 0 saturated carbocycles. The molecule has 1 aromatic rings. The maximum absolute atomic E-state index is 11.9. The van der Waals surface area contributed by atoms with E-state index in [0.717, 1.165) is 0 Å². The lowest BCUT2D eigenvalue weighted by atomic mass is 10.5. The first-order valence-corrected chi connectivity index (χ1v) is 4.96. The lowest BCUT2D eigenvalue weighted by Gasteiger charge is -1.87. The summed E-state index contributed by atoms with van der Waals surface area (Å²) in [5.41, 5.74) is 0. The minimum Gasteiger partial charge on any atom is -0.194 e. The summed E-state index contributed by atoms with van der Waals surface area (Å²) < 4.78 is 32.0. The standard InChI is InChI=1S/C5H5FO2S2/c6-10(7,8)4-5-2-1-3-9-5/h1-3H,4H2. The third kappa shape index (κ3) is 2.45. The molecule has 1 heterocycles. The van der Waals surface area contributed by atoms with Gasteiger partial charge in [-0.25, -0.2) is 0 Å². The smallest absolute Gasteiger partial charge is 0.194 e. The van der Waals surface area contributed by atoms with Crippen LogP contribution in [0.1, 0.15) is 4.88 Å². The molecule has 0 aliphatic heterocycles. The molecule has 2 nitrogen and oxygen atoms in total. The third-order valence-electron chi connectivity index (χ3n) is 0.895. The molecule has 0 amide bonds. The SMILES string of the molecule is O=S(=O)(F)Cc1cccs1. The number of hydrogen-bond acceptors (Lipinski definition) is 3. The lowest BCUT2D eigenvalue weighted by Crippen LogP contribution is -1.92. The highest BCUT2D eigenvalue weighted by Gasteiger charge is 2.08. The second-order valence-electron chi connectivity index (χ2n) is 1.76. The van der Waals surface area contributed by atoms with Crippen molar-refractivity contribution in [3.8, 4) is 0 Å². The van der Waals surface area contributed by atoms with Gasteiger partial charge in [0.05, 0.1) is 0 Å². The molecule has 1 rings (SSSR count). The predicted molar refractivity (Wildman–Crippen MR) is 38.1 cm³/mol. The minimum absolute atomic E-state index is 0.495. The zero-order chi connectivity index (χ0) is 7.61. The van der Waals surface area contributed by atoms with Crippen LogP contribution in [0.4, 0.5) is 3.89 Å². The molecule has 56 valence electrons. The van der Waals surface area contributed by atoms with Crippen LogP contribution in [0.2, 0.25) is 0 Å². The Hall–Kier alpha value is -0.420. The van der Waals surface area contributed by atoms with E-state index in [1.165, 1.54) is 11.3 Å². The Labute approximate surface area is 62.5 Å². The van der Waals surface area contributed by atoms with Gasteiger partial charge in [-0.3, -0.25) is 0 Å². The molecule has 0 aliphatic rings. The van der Waals surface area contributed by atoms with E-state index in [-0.39, 0.29) is 0 Å². The highest BCUT2D eigenvalue weighted by molar-refractivity contribution is 7.85. The van der Waals surface area contributed by atoms with E-state index in [2.05, 4.69) is 0 Å². The largest absolute Gasteiger partial charge is 0.307 e. The summed E-state index contributed by atoms with van der Waals surface area (Å²) in [6.45, 7) is 0. The van der Waals surface area contributed by atoms with Crippen LogP contribution in [0.5, 0.6) is 0 Å². The molecular formula is C5H5FO2S2. The van der Waals surface area contributed by atoms with E-state index in [1.807, 2.05) is 0 Å². The van der Waals surface area contributed by atoms with Crippen molar-refractivity contribution in [2.75, 3.05) is 0 Å². The van der Waals surface area contributed by atoms with Crippen LogP contribution in [0.3, 0.4) is 0 Å². The van der Waals surface area contributed by atoms with Gasteiger partial charge in [-0.2, -0.15) is 8.42 Å². The van der Waals surface area contributed by atoms with Gasteiger partial charge in [-0.15, -0.1) is 15.2 Å². The fourth-order valence-corrected chi connectivity index (χ4v) is 2.18. The van der Waals surface area contributed by atoms with Gasteiger partial charge in [0.25, 0.3) is 0 Å². The lowest BCUT2D eigenvalue weighted by molar-refractivity contribution is 0.551. The molecule has 0 bridgehead atoms. The molecule has 0 spiro atoms. The molecule has 0 radical (unpaired) electrons. The van der Waals surface area contributed by atoms with Gasteiger partial charge in [-0.05, 0) is 11.4 Å². The van der Waals surface area contributed by atoms with Crippen LogP contribution in [0.25, 0.3) is 0 Å². The molecule has 0 saturated heterocycles. The second kappa shape index (κ2) is 2.67. The summed E-state index contributed by atoms with van der Waals surface area (Å²) in [6.07, 6.45) is 0.